The fraction of sp³-hybridized carbons (Fsp3) is 0.600. The van der Waals surface area contributed by atoms with Gasteiger partial charge in [0.1, 0.15) is 0 Å². The Balaban J connectivity index is 1.68. The largest absolute Gasteiger partial charge is 0.504 e. The van der Waals surface area contributed by atoms with Crippen LogP contribution in [0.25, 0.3) is 0 Å². The number of phenolic OH excluding ortho intramolecular Hbond substituents is 1. The minimum Gasteiger partial charge on any atom is -0.504 e. The van der Waals surface area contributed by atoms with Crippen molar-refractivity contribution < 1.29 is 9.84 Å². The van der Waals surface area contributed by atoms with Crippen LogP contribution in [-0.4, -0.2) is 18.3 Å². The molecular formula is C15H20ClNO2. The summed E-state index contributed by atoms with van der Waals surface area (Å²) in [6.45, 7) is 0.649. The molecule has 3 unspecified atom stereocenters. The first kappa shape index (κ1) is 13.1. The molecule has 0 spiro atoms. The van der Waals surface area contributed by atoms with Crippen molar-refractivity contribution in [1.29, 1.82) is 0 Å². The van der Waals surface area contributed by atoms with Crippen LogP contribution in [0.5, 0.6) is 11.5 Å². The van der Waals surface area contributed by atoms with E-state index >= 15 is 0 Å². The van der Waals surface area contributed by atoms with Crippen molar-refractivity contribution in [3.8, 4) is 11.5 Å². The highest BCUT2D eigenvalue weighted by molar-refractivity contribution is 6.30. The van der Waals surface area contributed by atoms with Crippen molar-refractivity contribution in [2.75, 3.05) is 7.11 Å². The van der Waals surface area contributed by atoms with E-state index in [1.165, 1.54) is 25.7 Å². The average Bonchev–Trinajstić information content (AvgIpc) is 3.01. The van der Waals surface area contributed by atoms with Crippen molar-refractivity contribution in [3.05, 3.63) is 22.7 Å². The van der Waals surface area contributed by atoms with Crippen LogP contribution in [0.3, 0.4) is 0 Å². The van der Waals surface area contributed by atoms with Crippen LogP contribution < -0.4 is 10.1 Å². The Labute approximate surface area is 118 Å². The molecule has 3 atom stereocenters. The molecule has 2 bridgehead atoms. The van der Waals surface area contributed by atoms with Gasteiger partial charge in [-0.3, -0.25) is 0 Å². The van der Waals surface area contributed by atoms with Crippen LogP contribution in [0, 0.1) is 11.8 Å². The number of nitrogens with one attached hydrogen (secondary N) is 1. The van der Waals surface area contributed by atoms with E-state index in [9.17, 15) is 5.11 Å². The van der Waals surface area contributed by atoms with Crippen molar-refractivity contribution in [2.24, 2.45) is 11.8 Å². The van der Waals surface area contributed by atoms with Gasteiger partial charge in [0.05, 0.1) is 7.11 Å². The number of halogens is 1. The zero-order valence-corrected chi connectivity index (χ0v) is 11.9. The number of benzene rings is 1. The molecule has 1 aromatic rings. The fourth-order valence-corrected chi connectivity index (χ4v) is 3.89. The van der Waals surface area contributed by atoms with Crippen molar-refractivity contribution in [1.82, 2.24) is 5.32 Å². The number of phenols is 1. The number of hydrogen-bond donors (Lipinski definition) is 2. The Bertz CT molecular complexity index is 477. The van der Waals surface area contributed by atoms with Crippen LogP contribution in [0.15, 0.2) is 12.1 Å². The van der Waals surface area contributed by atoms with E-state index in [2.05, 4.69) is 5.32 Å². The third-order valence-electron chi connectivity index (χ3n) is 4.63. The molecule has 2 N–H and O–H groups in total. The maximum Gasteiger partial charge on any atom is 0.162 e. The molecule has 2 aliphatic rings. The Morgan fingerprint density at radius 2 is 2.21 bits per heavy atom. The number of fused-ring (bicyclic) bond motifs is 2. The normalized spacial score (nSPS) is 28.8. The van der Waals surface area contributed by atoms with Crippen molar-refractivity contribution in [2.45, 2.75) is 38.3 Å². The third kappa shape index (κ3) is 2.54. The molecule has 0 aliphatic heterocycles. The molecule has 1 aromatic carbocycles. The van der Waals surface area contributed by atoms with Gasteiger partial charge in [-0.15, -0.1) is 0 Å². The molecule has 0 amide bonds. The van der Waals surface area contributed by atoms with Gasteiger partial charge in [-0.2, -0.15) is 0 Å². The van der Waals surface area contributed by atoms with Gasteiger partial charge in [0.2, 0.25) is 0 Å². The minimum absolute atomic E-state index is 0.197. The molecule has 19 heavy (non-hydrogen) atoms. The van der Waals surface area contributed by atoms with Crippen molar-refractivity contribution >= 4 is 11.6 Å². The summed E-state index contributed by atoms with van der Waals surface area (Å²) in [5, 5.41) is 14.3. The molecule has 0 radical (unpaired) electrons. The highest BCUT2D eigenvalue weighted by Crippen LogP contribution is 2.44. The lowest BCUT2D eigenvalue weighted by atomic mass is 9.95. The quantitative estimate of drug-likeness (QED) is 0.889. The van der Waals surface area contributed by atoms with E-state index in [4.69, 9.17) is 16.3 Å². The minimum atomic E-state index is 0.197. The maximum atomic E-state index is 10.1. The Morgan fingerprint density at radius 3 is 2.84 bits per heavy atom. The summed E-state index contributed by atoms with van der Waals surface area (Å²) < 4.78 is 5.13. The Kier molecular flexibility index (Phi) is 3.59. The van der Waals surface area contributed by atoms with Gasteiger partial charge >= 0.3 is 0 Å². The molecular weight excluding hydrogens is 262 g/mol. The van der Waals surface area contributed by atoms with E-state index in [1.54, 1.807) is 19.2 Å². The van der Waals surface area contributed by atoms with Gasteiger partial charge < -0.3 is 15.2 Å². The second-order valence-corrected chi connectivity index (χ2v) is 6.21. The van der Waals surface area contributed by atoms with Gasteiger partial charge in [-0.05, 0) is 37.2 Å². The first-order valence-electron chi connectivity index (χ1n) is 6.96. The van der Waals surface area contributed by atoms with E-state index in [0.717, 1.165) is 17.4 Å². The molecule has 0 heterocycles. The van der Waals surface area contributed by atoms with E-state index in [1.807, 2.05) is 0 Å². The van der Waals surface area contributed by atoms with Crippen LogP contribution >= 0.6 is 11.6 Å². The Morgan fingerprint density at radius 1 is 1.37 bits per heavy atom. The second kappa shape index (κ2) is 5.22. The summed E-state index contributed by atoms with van der Waals surface area (Å²) in [7, 11) is 1.54. The van der Waals surface area contributed by atoms with Crippen molar-refractivity contribution in [3.63, 3.8) is 0 Å². The van der Waals surface area contributed by atoms with Crippen LogP contribution in [0.4, 0.5) is 0 Å². The summed E-state index contributed by atoms with van der Waals surface area (Å²) >= 11 is 6.04. The van der Waals surface area contributed by atoms with Crippen LogP contribution in [0.1, 0.15) is 31.2 Å². The van der Waals surface area contributed by atoms with Gasteiger partial charge in [-0.25, -0.2) is 0 Å². The number of ether oxygens (including phenoxy) is 1. The van der Waals surface area contributed by atoms with Gasteiger partial charge in [0, 0.05) is 29.2 Å². The van der Waals surface area contributed by atoms with Crippen LogP contribution in [0.2, 0.25) is 5.02 Å². The topological polar surface area (TPSA) is 41.5 Å². The molecule has 2 fully saturated rings. The van der Waals surface area contributed by atoms with E-state index in [0.29, 0.717) is 23.4 Å². The number of aromatic hydroxyl groups is 1. The van der Waals surface area contributed by atoms with Gasteiger partial charge in [0.15, 0.2) is 11.5 Å². The predicted molar refractivity (Wildman–Crippen MR) is 75.7 cm³/mol. The SMILES string of the molecule is COc1cc(Cl)cc(CNC2CC3CCC2C3)c1O. The van der Waals surface area contributed by atoms with E-state index < -0.39 is 0 Å². The smallest absolute Gasteiger partial charge is 0.162 e. The lowest BCUT2D eigenvalue weighted by Crippen LogP contribution is -2.33. The maximum absolute atomic E-state index is 10.1. The highest BCUT2D eigenvalue weighted by Gasteiger charge is 2.39. The molecule has 0 saturated heterocycles. The van der Waals surface area contributed by atoms with Gasteiger partial charge in [0.25, 0.3) is 0 Å². The lowest BCUT2D eigenvalue weighted by molar-refractivity contribution is 0.343. The molecule has 3 rings (SSSR count). The highest BCUT2D eigenvalue weighted by atomic mass is 35.5. The molecule has 2 saturated carbocycles. The first-order chi connectivity index (χ1) is 9.17. The fourth-order valence-electron chi connectivity index (χ4n) is 3.65. The molecule has 4 heteroatoms. The number of hydrogen-bond acceptors (Lipinski definition) is 3. The summed E-state index contributed by atoms with van der Waals surface area (Å²) in [6.07, 6.45) is 5.41. The van der Waals surface area contributed by atoms with E-state index in [-0.39, 0.29) is 5.75 Å². The summed E-state index contributed by atoms with van der Waals surface area (Å²) in [5.74, 6) is 2.39. The average molecular weight is 282 g/mol. The first-order valence-corrected chi connectivity index (χ1v) is 7.34. The standard InChI is InChI=1S/C15H20ClNO2/c1-19-14-7-12(16)6-11(15(14)18)8-17-13-5-9-2-3-10(13)4-9/h6-7,9-10,13,17-18H,2-5,8H2,1H3. The monoisotopic (exact) mass is 281 g/mol. The Hall–Kier alpha value is -0.930. The summed E-state index contributed by atoms with van der Waals surface area (Å²) in [6, 6.07) is 4.04. The predicted octanol–water partition coefficient (Wildman–Crippen LogP) is 3.33. The summed E-state index contributed by atoms with van der Waals surface area (Å²) in [5.41, 5.74) is 0.812. The molecule has 2 aliphatic carbocycles. The zero-order chi connectivity index (χ0) is 13.4. The van der Waals surface area contributed by atoms with Crippen LogP contribution in [-0.2, 0) is 6.54 Å². The summed E-state index contributed by atoms with van der Waals surface area (Å²) in [4.78, 5) is 0. The third-order valence-corrected chi connectivity index (χ3v) is 4.85. The molecule has 0 aromatic heterocycles. The molecule has 104 valence electrons. The molecule has 3 nitrogen and oxygen atoms in total. The van der Waals surface area contributed by atoms with Gasteiger partial charge in [-0.1, -0.05) is 18.0 Å². The number of methoxy groups -OCH3 is 1. The number of rotatable bonds is 4. The lowest BCUT2D eigenvalue weighted by Gasteiger charge is -2.23. The second-order valence-electron chi connectivity index (χ2n) is 5.78. The zero-order valence-electron chi connectivity index (χ0n) is 11.2.